The predicted molar refractivity (Wildman–Crippen MR) is 114 cm³/mol. The van der Waals surface area contributed by atoms with Crippen LogP contribution < -0.4 is 5.56 Å². The number of nitrogens with zero attached hydrogens (tertiary/aromatic N) is 4. The van der Waals surface area contributed by atoms with Crippen LogP contribution in [0.3, 0.4) is 0 Å². The fourth-order valence-electron chi connectivity index (χ4n) is 3.97. The molecule has 0 atom stereocenters. The van der Waals surface area contributed by atoms with Crippen molar-refractivity contribution in [1.29, 1.82) is 0 Å². The number of rotatable bonds is 4. The van der Waals surface area contributed by atoms with E-state index < -0.39 is 0 Å². The minimum absolute atomic E-state index is 0.0100. The summed E-state index contributed by atoms with van der Waals surface area (Å²) in [5.41, 5.74) is 2.27. The molecule has 28 heavy (non-hydrogen) atoms. The Labute approximate surface area is 167 Å². The van der Waals surface area contributed by atoms with Crippen molar-refractivity contribution in [3.8, 4) is 0 Å². The van der Waals surface area contributed by atoms with E-state index in [4.69, 9.17) is 0 Å². The normalized spacial score (nSPS) is 16.1. The Balaban J connectivity index is 1.24. The molecule has 0 bridgehead atoms. The van der Waals surface area contributed by atoms with E-state index in [-0.39, 0.29) is 5.56 Å². The lowest BCUT2D eigenvalue weighted by molar-refractivity contribution is 0.121. The van der Waals surface area contributed by atoms with Gasteiger partial charge in [0, 0.05) is 56.9 Å². The summed E-state index contributed by atoms with van der Waals surface area (Å²) in [6, 6.07) is 16.8. The molecule has 1 aliphatic heterocycles. The van der Waals surface area contributed by atoms with Gasteiger partial charge in [0.2, 0.25) is 0 Å². The first-order valence-corrected chi connectivity index (χ1v) is 10.5. The number of thiazole rings is 1. The van der Waals surface area contributed by atoms with Crippen LogP contribution in [-0.2, 0) is 13.1 Å². The Morgan fingerprint density at radius 1 is 0.929 bits per heavy atom. The van der Waals surface area contributed by atoms with Crippen molar-refractivity contribution in [2.45, 2.75) is 13.1 Å². The summed E-state index contributed by atoms with van der Waals surface area (Å²) in [4.78, 5) is 22.5. The van der Waals surface area contributed by atoms with E-state index in [0.29, 0.717) is 0 Å². The summed E-state index contributed by atoms with van der Waals surface area (Å²) in [5.74, 6) is 0. The van der Waals surface area contributed by atoms with Crippen molar-refractivity contribution in [3.05, 3.63) is 81.7 Å². The second-order valence-electron chi connectivity index (χ2n) is 7.33. The average Bonchev–Trinajstić information content (AvgIpc) is 3.19. The van der Waals surface area contributed by atoms with Crippen LogP contribution in [-0.4, -0.2) is 45.4 Å². The number of hydrogen-bond donors (Lipinski definition) is 0. The molecule has 4 aromatic rings. The Hall–Kier alpha value is -2.54. The molecule has 0 radical (unpaired) electrons. The molecule has 5 nitrogen and oxygen atoms in total. The molecule has 5 rings (SSSR count). The number of aromatic nitrogens is 2. The first-order valence-electron chi connectivity index (χ1n) is 9.63. The highest BCUT2D eigenvalue weighted by atomic mass is 32.1. The van der Waals surface area contributed by atoms with E-state index in [2.05, 4.69) is 57.2 Å². The van der Waals surface area contributed by atoms with Crippen LogP contribution in [0.5, 0.6) is 0 Å². The van der Waals surface area contributed by atoms with Crippen molar-refractivity contribution in [3.63, 3.8) is 0 Å². The predicted octanol–water partition coefficient (Wildman–Crippen LogP) is 3.23. The molecule has 1 saturated heterocycles. The van der Waals surface area contributed by atoms with Crippen LogP contribution in [0.15, 0.2) is 64.9 Å². The van der Waals surface area contributed by atoms with Gasteiger partial charge < -0.3 is 0 Å². The van der Waals surface area contributed by atoms with E-state index in [1.165, 1.54) is 27.7 Å². The molecule has 2 aromatic heterocycles. The first-order chi connectivity index (χ1) is 13.8. The maximum Gasteiger partial charge on any atom is 0.258 e. The van der Waals surface area contributed by atoms with Gasteiger partial charge in [0.1, 0.15) is 0 Å². The Kier molecular flexibility index (Phi) is 4.68. The minimum Gasteiger partial charge on any atom is -0.297 e. The second-order valence-corrected chi connectivity index (χ2v) is 8.20. The Morgan fingerprint density at radius 3 is 2.54 bits per heavy atom. The van der Waals surface area contributed by atoms with Crippen LogP contribution in [0.25, 0.3) is 15.7 Å². The number of hydrogen-bond acceptors (Lipinski definition) is 5. The molecule has 3 heterocycles. The lowest BCUT2D eigenvalue weighted by atomic mass is 10.0. The molecule has 0 aliphatic carbocycles. The van der Waals surface area contributed by atoms with E-state index in [9.17, 15) is 4.79 Å². The minimum atomic E-state index is 0.0100. The summed E-state index contributed by atoms with van der Waals surface area (Å²) in [6.45, 7) is 5.78. The molecule has 1 aliphatic rings. The molecule has 0 saturated carbocycles. The largest absolute Gasteiger partial charge is 0.297 e. The second kappa shape index (κ2) is 7.47. The standard InChI is InChI=1S/C22H22N4OS/c27-21-14-19(23-22-26(21)12-13-28-22)16-25-10-8-24(9-11-25)15-18-6-3-5-17-4-1-2-7-20(17)18/h1-7,12-14H,8-11,15-16H2. The monoisotopic (exact) mass is 390 g/mol. The highest BCUT2D eigenvalue weighted by Crippen LogP contribution is 2.20. The molecule has 0 spiro atoms. The fraction of sp³-hybridized carbons (Fsp3) is 0.273. The van der Waals surface area contributed by atoms with Crippen molar-refractivity contribution in [2.75, 3.05) is 26.2 Å². The molecule has 142 valence electrons. The van der Waals surface area contributed by atoms with Crippen molar-refractivity contribution >= 4 is 27.1 Å². The Morgan fingerprint density at radius 2 is 1.68 bits per heavy atom. The molecule has 6 heteroatoms. The smallest absolute Gasteiger partial charge is 0.258 e. The first kappa shape index (κ1) is 17.6. The van der Waals surface area contributed by atoms with Gasteiger partial charge in [-0.05, 0) is 16.3 Å². The molecule has 2 aromatic carbocycles. The van der Waals surface area contributed by atoms with Gasteiger partial charge in [-0.15, -0.1) is 11.3 Å². The third kappa shape index (κ3) is 3.46. The molecule has 1 fully saturated rings. The maximum atomic E-state index is 12.2. The molecular formula is C22H22N4OS. The molecule has 0 N–H and O–H groups in total. The topological polar surface area (TPSA) is 40.9 Å². The molecule has 0 amide bonds. The van der Waals surface area contributed by atoms with Crippen molar-refractivity contribution in [2.24, 2.45) is 0 Å². The molecular weight excluding hydrogens is 368 g/mol. The summed E-state index contributed by atoms with van der Waals surface area (Å²) < 4.78 is 1.61. The van der Waals surface area contributed by atoms with E-state index in [0.717, 1.165) is 49.9 Å². The van der Waals surface area contributed by atoms with Crippen LogP contribution in [0.2, 0.25) is 0 Å². The third-order valence-corrected chi connectivity index (χ3v) is 6.24. The van der Waals surface area contributed by atoms with Gasteiger partial charge in [-0.1, -0.05) is 42.5 Å². The van der Waals surface area contributed by atoms with Crippen molar-refractivity contribution in [1.82, 2.24) is 19.2 Å². The lowest BCUT2D eigenvalue weighted by Gasteiger charge is -2.34. The van der Waals surface area contributed by atoms with Gasteiger partial charge >= 0.3 is 0 Å². The highest BCUT2D eigenvalue weighted by molar-refractivity contribution is 7.15. The van der Waals surface area contributed by atoms with Gasteiger partial charge in [-0.3, -0.25) is 19.0 Å². The summed E-state index contributed by atoms with van der Waals surface area (Å²) in [6.07, 6.45) is 1.78. The van der Waals surface area contributed by atoms with Gasteiger partial charge in [-0.2, -0.15) is 0 Å². The summed E-state index contributed by atoms with van der Waals surface area (Å²) >= 11 is 1.51. The zero-order chi connectivity index (χ0) is 18.9. The van der Waals surface area contributed by atoms with Gasteiger partial charge in [0.25, 0.3) is 5.56 Å². The Bertz CT molecular complexity index is 1170. The van der Waals surface area contributed by atoms with E-state index >= 15 is 0 Å². The van der Waals surface area contributed by atoms with E-state index in [1.807, 2.05) is 5.38 Å². The fourth-order valence-corrected chi connectivity index (χ4v) is 4.71. The van der Waals surface area contributed by atoms with Gasteiger partial charge in [-0.25, -0.2) is 4.98 Å². The number of piperazine rings is 1. The zero-order valence-electron chi connectivity index (χ0n) is 15.6. The van der Waals surface area contributed by atoms with E-state index in [1.54, 1.807) is 16.7 Å². The van der Waals surface area contributed by atoms with Crippen molar-refractivity contribution < 1.29 is 0 Å². The average molecular weight is 391 g/mol. The van der Waals surface area contributed by atoms with Crippen LogP contribution >= 0.6 is 11.3 Å². The summed E-state index contributed by atoms with van der Waals surface area (Å²) in [5, 5.41) is 4.56. The number of benzene rings is 2. The van der Waals surface area contributed by atoms with Gasteiger partial charge in [0.05, 0.1) is 5.69 Å². The number of fused-ring (bicyclic) bond motifs is 2. The summed E-state index contributed by atoms with van der Waals surface area (Å²) in [7, 11) is 0. The van der Waals surface area contributed by atoms with Crippen LogP contribution in [0.4, 0.5) is 0 Å². The third-order valence-electron chi connectivity index (χ3n) is 5.48. The SMILES string of the molecule is O=c1cc(CN2CCN(Cc3cccc4ccccc34)CC2)nc2sccn12. The van der Waals surface area contributed by atoms with Crippen LogP contribution in [0.1, 0.15) is 11.3 Å². The zero-order valence-corrected chi connectivity index (χ0v) is 16.4. The van der Waals surface area contributed by atoms with Crippen LogP contribution in [0, 0.1) is 0 Å². The quantitative estimate of drug-likeness (QED) is 0.536. The highest BCUT2D eigenvalue weighted by Gasteiger charge is 2.18. The maximum absolute atomic E-state index is 12.2. The lowest BCUT2D eigenvalue weighted by Crippen LogP contribution is -2.45. The molecule has 0 unspecified atom stereocenters. The van der Waals surface area contributed by atoms with Gasteiger partial charge in [0.15, 0.2) is 4.96 Å².